The maximum Gasteiger partial charge on any atom is 0.421 e. The molecule has 8 aliphatic heterocycles. The van der Waals surface area contributed by atoms with Crippen molar-refractivity contribution in [2.45, 2.75) is 222 Å². The van der Waals surface area contributed by atoms with Crippen LogP contribution < -0.4 is 40.9 Å². The number of aromatic nitrogens is 8. The fourth-order valence-corrected chi connectivity index (χ4v) is 25.3. The number of rotatable bonds is 28. The number of anilines is 8. The van der Waals surface area contributed by atoms with E-state index in [2.05, 4.69) is 157 Å². The Hall–Kier alpha value is -7.99. The van der Waals surface area contributed by atoms with Gasteiger partial charge in [-0.2, -0.15) is 33.1 Å². The summed E-state index contributed by atoms with van der Waals surface area (Å²) in [5.41, 5.74) is 5.57. The second-order valence-electron chi connectivity index (χ2n) is 43.2. The number of halogens is 10. The van der Waals surface area contributed by atoms with Crippen LogP contribution in [-0.2, 0) is 20.6 Å². The minimum absolute atomic E-state index is 0. The monoisotopic (exact) mass is 2190 g/mol. The number of nitrogens with zero attached hydrogens (tertiary/aromatic N) is 16. The zero-order valence-corrected chi connectivity index (χ0v) is 89.9. The fraction of sp³-hybridized carbons (Fsp3) is 0.594. The van der Waals surface area contributed by atoms with E-state index < -0.39 is 51.9 Å². The second kappa shape index (κ2) is 46.4. The summed E-state index contributed by atoms with van der Waals surface area (Å²) in [6.45, 7) is 38.3. The van der Waals surface area contributed by atoms with Gasteiger partial charge in [-0.1, -0.05) is 114 Å². The molecule has 11 fully saturated rings. The molecule has 12 heterocycles. The van der Waals surface area contributed by atoms with Crippen molar-refractivity contribution in [2.75, 3.05) is 159 Å². The van der Waals surface area contributed by atoms with Crippen LogP contribution in [0, 0.1) is 91.3 Å². The van der Waals surface area contributed by atoms with Gasteiger partial charge in [-0.3, -0.25) is 14.4 Å². The molecule has 8 aromatic rings. The number of aryl methyl sites for hydroxylation is 4. The van der Waals surface area contributed by atoms with Crippen LogP contribution in [0.3, 0.4) is 0 Å². The van der Waals surface area contributed by atoms with E-state index in [1.54, 1.807) is 19.2 Å². The van der Waals surface area contributed by atoms with Crippen molar-refractivity contribution in [1.82, 2.24) is 59.5 Å². The highest BCUT2D eigenvalue weighted by Gasteiger charge is 2.54. The molecule has 0 bridgehead atoms. The number of alkyl halides is 3. The molecule has 27 nitrogen and oxygen atoms in total. The number of nitrogens with one attached hydrogen (secondary N) is 4. The van der Waals surface area contributed by atoms with E-state index in [0.717, 1.165) is 229 Å². The average Bonchev–Trinajstić information content (AvgIpc) is 0.768. The predicted octanol–water partition coefficient (Wildman–Crippen LogP) is 22.6. The summed E-state index contributed by atoms with van der Waals surface area (Å²) in [4.78, 5) is 89.5. The maximum absolute atomic E-state index is 13.8. The lowest BCUT2D eigenvalue weighted by atomic mass is 9.65. The first kappa shape index (κ1) is 109. The molecule has 3 saturated carbocycles. The molecule has 37 heteroatoms. The largest absolute Gasteiger partial charge is 0.481 e. The Balaban J connectivity index is 0.000000144. The third-order valence-corrected chi connectivity index (χ3v) is 35.0. The Labute approximate surface area is 881 Å². The summed E-state index contributed by atoms with van der Waals surface area (Å²) in [5, 5.41) is 54.1. The minimum atomic E-state index is -4.60. The highest BCUT2D eigenvalue weighted by Crippen LogP contribution is 2.51. The van der Waals surface area contributed by atoms with Crippen molar-refractivity contribution < 1.29 is 48.0 Å². The Bertz CT molecular complexity index is 5610. The van der Waals surface area contributed by atoms with Crippen LogP contribution in [-0.4, -0.2) is 234 Å². The van der Waals surface area contributed by atoms with E-state index in [4.69, 9.17) is 73.0 Å². The van der Waals surface area contributed by atoms with Gasteiger partial charge in [0.1, 0.15) is 28.0 Å². The first-order valence-electron chi connectivity index (χ1n) is 50.4. The number of β-amino-alcohol motifs (C(OH)–C–C–N with tert-alkyl or cyclic N) is 1. The summed E-state index contributed by atoms with van der Waals surface area (Å²) in [6, 6.07) is 24.4. The number of benzene rings is 4. The zero-order valence-electron chi connectivity index (χ0n) is 83.0. The molecule has 4 aromatic heterocycles. The molecule has 19 rings (SSSR count). The van der Waals surface area contributed by atoms with Gasteiger partial charge in [0, 0.05) is 142 Å². The smallest absolute Gasteiger partial charge is 0.421 e. The molecule has 8 atom stereocenters. The number of hydrogen-bond donors (Lipinski definition) is 8. The molecule has 776 valence electrons. The van der Waals surface area contributed by atoms with E-state index >= 15 is 0 Å². The van der Waals surface area contributed by atoms with Gasteiger partial charge in [-0.05, 0) is 340 Å². The highest BCUT2D eigenvalue weighted by atomic mass is 79.9. The van der Waals surface area contributed by atoms with Gasteiger partial charge in [-0.15, -0.1) is 0 Å². The van der Waals surface area contributed by atoms with E-state index in [1.165, 1.54) is 38.5 Å². The molecule has 0 radical (unpaired) electrons. The first-order valence-corrected chi connectivity index (χ1v) is 53.9. The van der Waals surface area contributed by atoms with Crippen LogP contribution in [0.25, 0.3) is 0 Å². The minimum Gasteiger partial charge on any atom is -0.481 e. The molecule has 8 N–H and O–H groups in total. The molecule has 143 heavy (non-hydrogen) atoms. The lowest BCUT2D eigenvalue weighted by molar-refractivity contribution is -0.159. The number of hydrogen-bond acceptors (Lipinski definition) is 24. The summed E-state index contributed by atoms with van der Waals surface area (Å²) in [5.74, 6) is 7.19. The lowest BCUT2D eigenvalue weighted by Crippen LogP contribution is -2.58. The van der Waals surface area contributed by atoms with Gasteiger partial charge in [0.15, 0.2) is 5.82 Å². The third kappa shape index (κ3) is 25.8. The van der Waals surface area contributed by atoms with E-state index in [1.807, 2.05) is 109 Å². The van der Waals surface area contributed by atoms with Gasteiger partial charge in [-0.25, -0.2) is 19.9 Å². The molecule has 11 aliphatic rings. The van der Waals surface area contributed by atoms with Gasteiger partial charge in [0.05, 0.1) is 62.2 Å². The van der Waals surface area contributed by atoms with Crippen LogP contribution in [0.4, 0.5) is 60.2 Å². The number of carboxylic acids is 3. The standard InChI is InChI=1S/C28H35ClF3N5O2.C27H35BrClN5O2.C27H35Cl2N5O2.C23H31BrClN5O.CH4/c1-16-6-7-21(23(29)9-16)17(2)34-24-22(28(30,31)32)12-33-26(35-24)37-14-19(15-37)18-5-4-8-36(13-18)20-10-27(3,11-20)25(38)39;1-16-6-7-21(23(29)9-16)17(2)31-24-22(28)12-30-26(32-24)34-14-19(15-34)18-5-4-8-33(13-18)20-10-27(3,11-20)25(35)36;1-16-6-7-21(22(28)9-16)17(2)31-24-23(29)12-30-26(32-24)34-14-19(15-34)18-5-4-8-33(13-18)20-10-27(3,11-20)25(35)36;1-15-5-6-19(21(25)10-15)16(2)27-22-20(24)11-26-23(28-22)30-13-18(14-30)17-4-3-7-29(12-17)8-9-31;/h6-7,9,12,17-20H,4-5,8,10-11,13-15H2,1-3H3,(H,38,39)(H,33,34,35);2*6-7,9,12,17-20H,4-5,8,10-11,13-15H2,1-3H3,(H,35,36)(H,30,31,32);5-6,10-11,16-18,31H,3-4,7-9,12-14H2,1-2H3,(H,26,27,28);1H4/t3*17-,18+,20?,27?;16-,17+;/m1111./s1. The Kier molecular flexibility index (Phi) is 35.4. The predicted molar refractivity (Wildman–Crippen MR) is 571 cm³/mol. The third-order valence-electron chi connectivity index (χ3n) is 32.3. The summed E-state index contributed by atoms with van der Waals surface area (Å²) in [7, 11) is 0. The molecular weight excluding hydrogens is 2060 g/mol. The van der Waals surface area contributed by atoms with Crippen LogP contribution >= 0.6 is 89.9 Å². The Morgan fingerprint density at radius 3 is 0.972 bits per heavy atom. The van der Waals surface area contributed by atoms with Gasteiger partial charge >= 0.3 is 24.1 Å². The number of carbonyl (C=O) groups is 3. The maximum atomic E-state index is 13.8. The van der Waals surface area contributed by atoms with E-state index in [0.29, 0.717) is 119 Å². The van der Waals surface area contributed by atoms with Crippen molar-refractivity contribution in [3.63, 3.8) is 0 Å². The average molecular weight is 2200 g/mol. The van der Waals surface area contributed by atoms with Gasteiger partial charge in [0.25, 0.3) is 0 Å². The molecule has 3 aliphatic carbocycles. The summed E-state index contributed by atoms with van der Waals surface area (Å²) < 4.78 is 43.1. The number of carboxylic acid groups (broad SMARTS) is 3. The number of aliphatic hydroxyl groups excluding tert-OH is 1. The van der Waals surface area contributed by atoms with Crippen molar-refractivity contribution in [1.29, 1.82) is 0 Å². The van der Waals surface area contributed by atoms with Crippen LogP contribution in [0.15, 0.2) is 107 Å². The van der Waals surface area contributed by atoms with Crippen molar-refractivity contribution in [2.24, 2.45) is 63.6 Å². The fourth-order valence-electron chi connectivity index (χ4n) is 23.0. The van der Waals surface area contributed by atoms with E-state index in [9.17, 15) is 48.0 Å². The first-order chi connectivity index (χ1) is 67.5. The SMILES string of the molecule is C.Cc1ccc([C@@H](C)Nc2nc(N3CC([C@H]4CCCN(C5CC(C)(C(=O)O)C5)C4)C3)ncc2Br)c(Cl)c1.Cc1ccc([C@@H](C)Nc2nc(N3CC([C@H]4CCCN(C5CC(C)(C(=O)O)C5)C4)C3)ncc2C(F)(F)F)c(Cl)c1.Cc1ccc([C@@H](C)Nc2nc(N3CC([C@H]4CCCN(C5CC(C)(C(=O)O)C5)C4)C3)ncc2Cl)c(Cl)c1.Cc1ccc([C@@H](C)Nc2nc(N3CC([C@H]4CCCN(CCO)C4)C3)ncc2Br)c(Cl)c1. The quantitative estimate of drug-likeness (QED) is 0.0226. The van der Waals surface area contributed by atoms with Gasteiger partial charge in [0.2, 0.25) is 23.8 Å². The zero-order chi connectivity index (χ0) is 101. The normalized spacial score (nSPS) is 25.9. The van der Waals surface area contributed by atoms with Crippen LogP contribution in [0.2, 0.25) is 25.1 Å². The highest BCUT2D eigenvalue weighted by molar-refractivity contribution is 9.11. The molecule has 8 saturated heterocycles. The number of likely N-dealkylation sites (tertiary alicyclic amines) is 4. The topological polar surface area (TPSA) is 309 Å². The molecule has 0 unspecified atom stereocenters. The van der Waals surface area contributed by atoms with Crippen molar-refractivity contribution in [3.05, 3.63) is 182 Å². The molecule has 0 amide bonds. The number of aliphatic carboxylic acids is 3. The van der Waals surface area contributed by atoms with Crippen molar-refractivity contribution >= 4 is 155 Å². The van der Waals surface area contributed by atoms with Crippen molar-refractivity contribution in [3.8, 4) is 0 Å². The lowest BCUT2D eigenvalue weighted by Gasteiger charge is -2.52. The second-order valence-corrected chi connectivity index (χ2v) is 46.9. The number of piperidine rings is 4. The van der Waals surface area contributed by atoms with E-state index in [-0.39, 0.29) is 43.9 Å². The Morgan fingerprint density at radius 1 is 0.399 bits per heavy atom. The molecular formula is C106H140Br2Cl5F3N20O7. The summed E-state index contributed by atoms with van der Waals surface area (Å²) >= 11 is 39.4. The Morgan fingerprint density at radius 2 is 0.671 bits per heavy atom. The molecule has 4 aromatic carbocycles. The van der Waals surface area contributed by atoms with Crippen LogP contribution in [0.1, 0.15) is 220 Å². The van der Waals surface area contributed by atoms with Gasteiger partial charge < -0.3 is 80.9 Å². The summed E-state index contributed by atoms with van der Waals surface area (Å²) in [6.07, 6.45) is 15.6. The molecule has 0 spiro atoms. The van der Waals surface area contributed by atoms with Crippen LogP contribution in [0.5, 0.6) is 0 Å². The number of aliphatic hydroxyl groups is 1.